The summed E-state index contributed by atoms with van der Waals surface area (Å²) < 4.78 is 1.60. The quantitative estimate of drug-likeness (QED) is 0.842. The Hall–Kier alpha value is -1.68. The minimum Gasteiger partial charge on any atom is -0.506 e. The summed E-state index contributed by atoms with van der Waals surface area (Å²) in [7, 11) is 1.78. The maximum absolute atomic E-state index is 10.3. The zero-order chi connectivity index (χ0) is 13.6. The first-order chi connectivity index (χ1) is 9.09. The standard InChI is InChI=1S/C14H16ClN3O/c1-18-14(16)10(7-17-18)12-9-5-3-2-4-8(9)6-11(15)13(12)19/h6-7,19H,2-5,16H2,1H3. The van der Waals surface area contributed by atoms with E-state index in [0.29, 0.717) is 10.8 Å². The van der Waals surface area contributed by atoms with E-state index in [2.05, 4.69) is 5.10 Å². The van der Waals surface area contributed by atoms with Gasteiger partial charge in [0, 0.05) is 18.2 Å². The minimum absolute atomic E-state index is 0.113. The number of phenolic OH excluding ortho intramolecular Hbond substituents is 1. The van der Waals surface area contributed by atoms with Crippen molar-refractivity contribution in [2.24, 2.45) is 7.05 Å². The van der Waals surface area contributed by atoms with Gasteiger partial charge in [0.05, 0.1) is 11.2 Å². The number of rotatable bonds is 1. The van der Waals surface area contributed by atoms with Gasteiger partial charge in [-0.05, 0) is 42.9 Å². The molecule has 0 amide bonds. The molecule has 0 radical (unpaired) electrons. The third-order valence-corrected chi connectivity index (χ3v) is 4.12. The molecule has 3 N–H and O–H groups in total. The monoisotopic (exact) mass is 277 g/mol. The fraction of sp³-hybridized carbons (Fsp3) is 0.357. The highest BCUT2D eigenvalue weighted by Crippen LogP contribution is 2.44. The van der Waals surface area contributed by atoms with Crippen LogP contribution in [-0.2, 0) is 19.9 Å². The van der Waals surface area contributed by atoms with Gasteiger partial charge in [-0.1, -0.05) is 11.6 Å². The number of nitrogens with two attached hydrogens (primary N) is 1. The summed E-state index contributed by atoms with van der Waals surface area (Å²) in [5.74, 6) is 0.660. The van der Waals surface area contributed by atoms with Gasteiger partial charge in [0.2, 0.25) is 0 Å². The molecule has 0 bridgehead atoms. The molecule has 100 valence electrons. The maximum atomic E-state index is 10.3. The zero-order valence-corrected chi connectivity index (χ0v) is 11.5. The number of anilines is 1. The average Bonchev–Trinajstić information content (AvgIpc) is 2.72. The number of benzene rings is 1. The van der Waals surface area contributed by atoms with Crippen LogP contribution in [0.25, 0.3) is 11.1 Å². The molecule has 0 saturated heterocycles. The van der Waals surface area contributed by atoms with Gasteiger partial charge < -0.3 is 10.8 Å². The van der Waals surface area contributed by atoms with Crippen LogP contribution >= 0.6 is 11.6 Å². The van der Waals surface area contributed by atoms with Crippen molar-refractivity contribution in [2.45, 2.75) is 25.7 Å². The number of fused-ring (bicyclic) bond motifs is 1. The van der Waals surface area contributed by atoms with E-state index in [1.54, 1.807) is 17.9 Å². The highest BCUT2D eigenvalue weighted by Gasteiger charge is 2.23. The van der Waals surface area contributed by atoms with Crippen LogP contribution in [0.15, 0.2) is 12.3 Å². The van der Waals surface area contributed by atoms with Crippen LogP contribution in [0.5, 0.6) is 5.75 Å². The van der Waals surface area contributed by atoms with Gasteiger partial charge in [0.1, 0.15) is 11.6 Å². The molecule has 0 fully saturated rings. The summed E-state index contributed by atoms with van der Waals surface area (Å²) in [4.78, 5) is 0. The van der Waals surface area contributed by atoms with E-state index in [0.717, 1.165) is 42.4 Å². The van der Waals surface area contributed by atoms with Gasteiger partial charge in [-0.2, -0.15) is 5.10 Å². The van der Waals surface area contributed by atoms with Crippen molar-refractivity contribution in [1.29, 1.82) is 0 Å². The second-order valence-corrected chi connectivity index (χ2v) is 5.40. The van der Waals surface area contributed by atoms with Crippen molar-refractivity contribution in [3.63, 3.8) is 0 Å². The van der Waals surface area contributed by atoms with Gasteiger partial charge in [0.15, 0.2) is 0 Å². The largest absolute Gasteiger partial charge is 0.506 e. The number of aromatic nitrogens is 2. The molecule has 2 aromatic rings. The molecular weight excluding hydrogens is 262 g/mol. The fourth-order valence-electron chi connectivity index (χ4n) is 2.79. The Labute approximate surface area is 116 Å². The van der Waals surface area contributed by atoms with Crippen molar-refractivity contribution in [3.05, 3.63) is 28.4 Å². The van der Waals surface area contributed by atoms with Crippen LogP contribution in [0.1, 0.15) is 24.0 Å². The molecular formula is C14H16ClN3O. The molecule has 0 spiro atoms. The van der Waals surface area contributed by atoms with Crippen LogP contribution in [-0.4, -0.2) is 14.9 Å². The summed E-state index contributed by atoms with van der Waals surface area (Å²) in [5, 5.41) is 14.9. The molecule has 1 aromatic carbocycles. The van der Waals surface area contributed by atoms with Crippen LogP contribution in [0.3, 0.4) is 0 Å². The second kappa shape index (κ2) is 4.46. The summed E-state index contributed by atoms with van der Waals surface area (Å²) in [6.07, 6.45) is 5.93. The Morgan fingerprint density at radius 1 is 1.37 bits per heavy atom. The first-order valence-corrected chi connectivity index (χ1v) is 6.78. The van der Waals surface area contributed by atoms with Crippen molar-refractivity contribution in [1.82, 2.24) is 9.78 Å². The normalized spacial score (nSPS) is 14.4. The molecule has 1 aliphatic rings. The van der Waals surface area contributed by atoms with Gasteiger partial charge in [-0.25, -0.2) is 0 Å². The predicted octanol–water partition coefficient (Wildman–Crippen LogP) is 2.91. The van der Waals surface area contributed by atoms with Gasteiger partial charge in [0.25, 0.3) is 0 Å². The second-order valence-electron chi connectivity index (χ2n) is 4.99. The molecule has 4 nitrogen and oxygen atoms in total. The molecule has 5 heteroatoms. The third-order valence-electron chi connectivity index (χ3n) is 3.83. The van der Waals surface area contributed by atoms with E-state index in [-0.39, 0.29) is 5.75 Å². The predicted molar refractivity (Wildman–Crippen MR) is 76.4 cm³/mol. The Kier molecular flexibility index (Phi) is 2.90. The summed E-state index contributed by atoms with van der Waals surface area (Å²) in [6.45, 7) is 0. The first-order valence-electron chi connectivity index (χ1n) is 6.40. The van der Waals surface area contributed by atoms with Crippen molar-refractivity contribution in [2.75, 3.05) is 5.73 Å². The Bertz CT molecular complexity index is 649. The summed E-state index contributed by atoms with van der Waals surface area (Å²) in [6, 6.07) is 1.88. The average molecular weight is 278 g/mol. The molecule has 0 saturated carbocycles. The molecule has 1 aromatic heterocycles. The summed E-state index contributed by atoms with van der Waals surface area (Å²) >= 11 is 6.14. The lowest BCUT2D eigenvalue weighted by Gasteiger charge is -2.21. The lowest BCUT2D eigenvalue weighted by atomic mass is 9.86. The minimum atomic E-state index is 0.113. The third kappa shape index (κ3) is 1.87. The number of aromatic hydroxyl groups is 1. The number of hydrogen-bond acceptors (Lipinski definition) is 3. The van der Waals surface area contributed by atoms with E-state index in [1.807, 2.05) is 6.07 Å². The summed E-state index contributed by atoms with van der Waals surface area (Å²) in [5.41, 5.74) is 9.93. The highest BCUT2D eigenvalue weighted by atomic mass is 35.5. The zero-order valence-electron chi connectivity index (χ0n) is 10.8. The van der Waals surface area contributed by atoms with Crippen molar-refractivity contribution >= 4 is 17.4 Å². The van der Waals surface area contributed by atoms with Crippen molar-refractivity contribution in [3.8, 4) is 16.9 Å². The number of nitrogens with zero attached hydrogens (tertiary/aromatic N) is 2. The Morgan fingerprint density at radius 3 is 2.79 bits per heavy atom. The van der Waals surface area contributed by atoms with Crippen LogP contribution in [0.2, 0.25) is 5.02 Å². The Balaban J connectivity index is 2.30. The van der Waals surface area contributed by atoms with Gasteiger partial charge >= 0.3 is 0 Å². The van der Waals surface area contributed by atoms with Crippen LogP contribution in [0.4, 0.5) is 5.82 Å². The Morgan fingerprint density at radius 2 is 2.11 bits per heavy atom. The van der Waals surface area contributed by atoms with Crippen LogP contribution < -0.4 is 5.73 Å². The number of nitrogen functional groups attached to an aromatic ring is 1. The molecule has 0 aliphatic heterocycles. The van der Waals surface area contributed by atoms with E-state index < -0.39 is 0 Å². The molecule has 3 rings (SSSR count). The highest BCUT2D eigenvalue weighted by molar-refractivity contribution is 6.32. The molecule has 1 heterocycles. The lowest BCUT2D eigenvalue weighted by Crippen LogP contribution is -2.06. The molecule has 19 heavy (non-hydrogen) atoms. The molecule has 0 unspecified atom stereocenters. The fourth-order valence-corrected chi connectivity index (χ4v) is 3.01. The van der Waals surface area contributed by atoms with Gasteiger partial charge in [-0.15, -0.1) is 0 Å². The smallest absolute Gasteiger partial charge is 0.142 e. The topological polar surface area (TPSA) is 64.1 Å². The number of phenols is 1. The van der Waals surface area contributed by atoms with Crippen molar-refractivity contribution < 1.29 is 5.11 Å². The number of hydrogen-bond donors (Lipinski definition) is 2. The van der Waals surface area contributed by atoms with E-state index in [1.165, 1.54) is 5.56 Å². The molecule has 0 atom stereocenters. The van der Waals surface area contributed by atoms with E-state index in [4.69, 9.17) is 17.3 Å². The van der Waals surface area contributed by atoms with Crippen LogP contribution in [0, 0.1) is 0 Å². The number of halogens is 1. The van der Waals surface area contributed by atoms with E-state index in [9.17, 15) is 5.11 Å². The molecule has 1 aliphatic carbocycles. The van der Waals surface area contributed by atoms with E-state index >= 15 is 0 Å². The first kappa shape index (κ1) is 12.4. The maximum Gasteiger partial charge on any atom is 0.142 e. The van der Waals surface area contributed by atoms with Gasteiger partial charge in [-0.3, -0.25) is 4.68 Å². The number of aryl methyl sites for hydroxylation is 2. The lowest BCUT2D eigenvalue weighted by molar-refractivity contribution is 0.476. The SMILES string of the molecule is Cn1ncc(-c2c(O)c(Cl)cc3c2CCCC3)c1N.